The molecule has 0 unspecified atom stereocenters. The van der Waals surface area contributed by atoms with Crippen molar-refractivity contribution in [2.24, 2.45) is 0 Å². The Bertz CT molecular complexity index is 898. The van der Waals surface area contributed by atoms with Crippen LogP contribution in [0.2, 0.25) is 0 Å². The Morgan fingerprint density at radius 3 is 2.66 bits per heavy atom. The summed E-state index contributed by atoms with van der Waals surface area (Å²) in [5, 5.41) is 21.5. The van der Waals surface area contributed by atoms with E-state index in [2.05, 4.69) is 30.8 Å². The van der Waals surface area contributed by atoms with Crippen LogP contribution in [0.3, 0.4) is 0 Å². The first-order valence-electron chi connectivity index (χ1n) is 10.1. The third-order valence-electron chi connectivity index (χ3n) is 5.31. The van der Waals surface area contributed by atoms with Crippen molar-refractivity contribution in [2.45, 2.75) is 57.1 Å². The third-order valence-corrected chi connectivity index (χ3v) is 6.19. The van der Waals surface area contributed by atoms with Crippen LogP contribution < -0.4 is 10.9 Å². The second kappa shape index (κ2) is 10.6. The molecule has 1 saturated carbocycles. The molecule has 3 heterocycles. The normalized spacial score (nSPS) is 18.2. The fraction of sp³-hybridized carbons (Fsp3) is 0.600. The lowest BCUT2D eigenvalue weighted by molar-refractivity contribution is 0.183. The first-order valence-corrected chi connectivity index (χ1v) is 11.3. The monoisotopic (exact) mass is 416 g/mol. The van der Waals surface area contributed by atoms with Gasteiger partial charge in [-0.3, -0.25) is 9.10 Å². The lowest BCUT2D eigenvalue weighted by Gasteiger charge is -2.30. The highest BCUT2D eigenvalue weighted by atomic mass is 32.2. The minimum Gasteiger partial charge on any atom is -0.393 e. The number of H-pyrrole nitrogens is 1. The van der Waals surface area contributed by atoms with E-state index >= 15 is 0 Å². The molecule has 1 aliphatic carbocycles. The molecular formula is C20H28N6O2S. The zero-order valence-electron chi connectivity index (χ0n) is 16.7. The number of pyridine rings is 1. The summed E-state index contributed by atoms with van der Waals surface area (Å²) in [6.07, 6.45) is 10.5. The van der Waals surface area contributed by atoms with Crippen molar-refractivity contribution in [1.29, 1.82) is 5.26 Å². The molecule has 156 valence electrons. The molecule has 8 nitrogen and oxygen atoms in total. The lowest BCUT2D eigenvalue weighted by Crippen LogP contribution is -2.35. The molecule has 2 aromatic rings. The Morgan fingerprint density at radius 2 is 2.07 bits per heavy atom. The van der Waals surface area contributed by atoms with Crippen LogP contribution in [-0.2, 0) is 6.42 Å². The summed E-state index contributed by atoms with van der Waals surface area (Å²) >= 11 is 1.77. The highest BCUT2D eigenvalue weighted by molar-refractivity contribution is 7.96. The van der Waals surface area contributed by atoms with E-state index in [1.54, 1.807) is 24.2 Å². The number of nitriles is 1. The molecule has 0 radical (unpaired) electrons. The zero-order valence-corrected chi connectivity index (χ0v) is 17.5. The minimum absolute atomic E-state index is 0.0463. The smallest absolute Gasteiger partial charge is 0.253 e. The Balaban J connectivity index is 0.000000343. The number of fused-ring (bicyclic) bond motifs is 1. The van der Waals surface area contributed by atoms with Crippen LogP contribution in [-0.4, -0.2) is 55.9 Å². The quantitative estimate of drug-likeness (QED) is 0.651. The number of aliphatic hydroxyl groups is 1. The Kier molecular flexibility index (Phi) is 7.86. The van der Waals surface area contributed by atoms with Gasteiger partial charge in [0.15, 0.2) is 0 Å². The van der Waals surface area contributed by atoms with E-state index < -0.39 is 0 Å². The van der Waals surface area contributed by atoms with Gasteiger partial charge in [-0.25, -0.2) is 4.98 Å². The maximum atomic E-state index is 11.9. The van der Waals surface area contributed by atoms with Crippen LogP contribution in [0, 0.1) is 11.3 Å². The van der Waals surface area contributed by atoms with Crippen molar-refractivity contribution in [3.63, 3.8) is 0 Å². The molecule has 2 aliphatic rings. The molecule has 0 bridgehead atoms. The number of rotatable bonds is 4. The van der Waals surface area contributed by atoms with E-state index in [-0.39, 0.29) is 18.1 Å². The molecule has 29 heavy (non-hydrogen) atoms. The van der Waals surface area contributed by atoms with Gasteiger partial charge in [0.1, 0.15) is 5.65 Å². The molecule has 0 atom stereocenters. The van der Waals surface area contributed by atoms with Crippen LogP contribution >= 0.6 is 11.9 Å². The third kappa shape index (κ3) is 6.16. The molecule has 0 spiro atoms. The van der Waals surface area contributed by atoms with Crippen molar-refractivity contribution >= 4 is 28.9 Å². The highest BCUT2D eigenvalue weighted by Gasteiger charge is 2.19. The van der Waals surface area contributed by atoms with Crippen LogP contribution in [0.4, 0.5) is 5.95 Å². The summed E-state index contributed by atoms with van der Waals surface area (Å²) in [5.41, 5.74) is 0.668. The summed E-state index contributed by atoms with van der Waals surface area (Å²) in [7, 11) is 0. The highest BCUT2D eigenvalue weighted by Crippen LogP contribution is 2.19. The van der Waals surface area contributed by atoms with Crippen LogP contribution in [0.15, 0.2) is 17.1 Å². The SMILES string of the molecule is CSN1CCC(Nc2ncc3cc(CC#N)c(=O)[nH]c3n2)CC1.OC1CCCC1. The van der Waals surface area contributed by atoms with E-state index in [4.69, 9.17) is 10.4 Å². The van der Waals surface area contributed by atoms with E-state index in [1.165, 1.54) is 12.8 Å². The number of piperidine rings is 1. The molecule has 0 amide bonds. The number of nitrogens with one attached hydrogen (secondary N) is 2. The van der Waals surface area contributed by atoms with Gasteiger partial charge in [0.05, 0.1) is 18.6 Å². The largest absolute Gasteiger partial charge is 0.393 e. The van der Waals surface area contributed by atoms with Gasteiger partial charge in [0.25, 0.3) is 5.56 Å². The van der Waals surface area contributed by atoms with Gasteiger partial charge in [0, 0.05) is 36.3 Å². The van der Waals surface area contributed by atoms with Crippen LogP contribution in [0.1, 0.15) is 44.1 Å². The fourth-order valence-corrected chi connectivity index (χ4v) is 4.17. The van der Waals surface area contributed by atoms with Gasteiger partial charge in [-0.05, 0) is 38.0 Å². The predicted molar refractivity (Wildman–Crippen MR) is 116 cm³/mol. The molecule has 1 aliphatic heterocycles. The first-order chi connectivity index (χ1) is 14.1. The van der Waals surface area contributed by atoms with Crippen molar-refractivity contribution < 1.29 is 5.11 Å². The summed E-state index contributed by atoms with van der Waals surface area (Å²) in [6, 6.07) is 4.01. The molecule has 9 heteroatoms. The second-order valence-corrected chi connectivity index (χ2v) is 8.31. The van der Waals surface area contributed by atoms with Crippen molar-refractivity contribution in [3.05, 3.63) is 28.2 Å². The number of aromatic amines is 1. The van der Waals surface area contributed by atoms with Gasteiger partial charge in [-0.1, -0.05) is 24.8 Å². The number of anilines is 1. The Labute approximate surface area is 174 Å². The summed E-state index contributed by atoms with van der Waals surface area (Å²) in [5.74, 6) is 0.531. The predicted octanol–water partition coefficient (Wildman–Crippen LogP) is 2.46. The second-order valence-electron chi connectivity index (χ2n) is 7.42. The van der Waals surface area contributed by atoms with Gasteiger partial charge in [0.2, 0.25) is 5.95 Å². The number of aromatic nitrogens is 3. The molecule has 2 fully saturated rings. The van der Waals surface area contributed by atoms with Gasteiger partial charge in [-0.2, -0.15) is 10.2 Å². The molecular weight excluding hydrogens is 388 g/mol. The number of hydrogen-bond acceptors (Lipinski definition) is 8. The molecule has 4 rings (SSSR count). The average molecular weight is 417 g/mol. The van der Waals surface area contributed by atoms with Gasteiger partial charge in [-0.15, -0.1) is 0 Å². The Morgan fingerprint density at radius 1 is 1.34 bits per heavy atom. The van der Waals surface area contributed by atoms with Gasteiger partial charge >= 0.3 is 0 Å². The molecule has 0 aromatic carbocycles. The topological polar surface area (TPSA) is 118 Å². The van der Waals surface area contributed by atoms with E-state index in [0.717, 1.165) is 44.2 Å². The van der Waals surface area contributed by atoms with Crippen molar-refractivity contribution in [2.75, 3.05) is 24.7 Å². The molecule has 3 N–H and O–H groups in total. The van der Waals surface area contributed by atoms with Crippen LogP contribution in [0.5, 0.6) is 0 Å². The minimum atomic E-state index is -0.267. The van der Waals surface area contributed by atoms with E-state index in [9.17, 15) is 4.79 Å². The van der Waals surface area contributed by atoms with E-state index in [1.807, 2.05) is 6.07 Å². The Hall–Kier alpha value is -2.15. The standard InChI is InChI=1S/C15H18N6OS.C5H10O/c1-23-21-6-3-12(4-7-21)18-15-17-9-11-8-10(2-5-16)14(22)19-13(11)20-15;6-5-3-1-2-4-5/h8-9,12H,2-4,6-7H2,1H3,(H2,17,18,19,20,22);5-6H,1-4H2. The number of nitrogens with zero attached hydrogens (tertiary/aromatic N) is 4. The molecule has 2 aromatic heterocycles. The first kappa shape index (κ1) is 21.6. The van der Waals surface area contributed by atoms with Crippen LogP contribution in [0.25, 0.3) is 11.0 Å². The summed E-state index contributed by atoms with van der Waals surface area (Å²) in [6.45, 7) is 2.08. The average Bonchev–Trinajstić information content (AvgIpc) is 3.21. The summed E-state index contributed by atoms with van der Waals surface area (Å²) in [4.78, 5) is 23.3. The summed E-state index contributed by atoms with van der Waals surface area (Å²) < 4.78 is 2.34. The van der Waals surface area contributed by atoms with Crippen molar-refractivity contribution in [1.82, 2.24) is 19.3 Å². The fourth-order valence-electron chi connectivity index (χ4n) is 3.59. The maximum absolute atomic E-state index is 11.9. The zero-order chi connectivity index (χ0) is 20.6. The molecule has 1 saturated heterocycles. The van der Waals surface area contributed by atoms with Gasteiger partial charge < -0.3 is 15.4 Å². The van der Waals surface area contributed by atoms with Crippen molar-refractivity contribution in [3.8, 4) is 6.07 Å². The van der Waals surface area contributed by atoms with E-state index in [0.29, 0.717) is 23.2 Å². The maximum Gasteiger partial charge on any atom is 0.253 e. The lowest BCUT2D eigenvalue weighted by atomic mass is 10.1. The number of hydrogen-bond donors (Lipinski definition) is 3. The number of aliphatic hydroxyl groups excluding tert-OH is 1.